The van der Waals surface area contributed by atoms with Gasteiger partial charge in [-0.15, -0.1) is 11.3 Å². The van der Waals surface area contributed by atoms with Crippen molar-refractivity contribution < 1.29 is 4.74 Å². The molecule has 1 fully saturated rings. The van der Waals surface area contributed by atoms with Crippen molar-refractivity contribution in [2.24, 2.45) is 0 Å². The molecule has 1 atom stereocenters. The molecule has 1 aromatic carbocycles. The second-order valence-electron chi connectivity index (χ2n) is 7.31. The highest BCUT2D eigenvalue weighted by Gasteiger charge is 2.28. The Hall–Kier alpha value is -2.44. The van der Waals surface area contributed by atoms with Crippen LogP contribution in [0.25, 0.3) is 0 Å². The second kappa shape index (κ2) is 8.29. The van der Waals surface area contributed by atoms with E-state index in [4.69, 9.17) is 9.72 Å². The van der Waals surface area contributed by atoms with Gasteiger partial charge in [-0.05, 0) is 57.0 Å². The standard InChI is InChI=1S/C22H26N4OS/c1-15-9-10-17(20(12-15)27-3)13-26-11-5-7-19(26)18-6-4-8-21(24-18)25-22-23-16(2)14-28-22/h4,6,8-10,12,14,19H,5,7,11,13H2,1-3H3,(H,23,24,25)/t19-/m0/s1. The summed E-state index contributed by atoms with van der Waals surface area (Å²) in [7, 11) is 1.75. The van der Waals surface area contributed by atoms with Gasteiger partial charge in [0, 0.05) is 17.5 Å². The fourth-order valence-electron chi connectivity index (χ4n) is 3.78. The molecular formula is C22H26N4OS. The van der Waals surface area contributed by atoms with E-state index in [1.807, 2.05) is 18.4 Å². The highest BCUT2D eigenvalue weighted by atomic mass is 32.1. The smallest absolute Gasteiger partial charge is 0.188 e. The van der Waals surface area contributed by atoms with E-state index in [-0.39, 0.29) is 0 Å². The summed E-state index contributed by atoms with van der Waals surface area (Å²) >= 11 is 1.60. The largest absolute Gasteiger partial charge is 0.496 e. The van der Waals surface area contributed by atoms with Crippen LogP contribution in [0.5, 0.6) is 5.75 Å². The molecule has 0 unspecified atom stereocenters. The lowest BCUT2D eigenvalue weighted by Crippen LogP contribution is -2.24. The Balaban J connectivity index is 1.53. The number of rotatable bonds is 6. The van der Waals surface area contributed by atoms with Gasteiger partial charge in [0.25, 0.3) is 0 Å². The summed E-state index contributed by atoms with van der Waals surface area (Å²) in [5, 5.41) is 6.26. The molecule has 146 valence electrons. The molecule has 1 saturated heterocycles. The van der Waals surface area contributed by atoms with Crippen LogP contribution in [0.1, 0.15) is 41.4 Å². The number of methoxy groups -OCH3 is 1. The predicted molar refractivity (Wildman–Crippen MR) is 114 cm³/mol. The van der Waals surface area contributed by atoms with Gasteiger partial charge < -0.3 is 10.1 Å². The van der Waals surface area contributed by atoms with Crippen molar-refractivity contribution in [2.75, 3.05) is 19.0 Å². The minimum atomic E-state index is 0.325. The van der Waals surface area contributed by atoms with Crippen molar-refractivity contribution in [3.8, 4) is 5.75 Å². The maximum atomic E-state index is 5.61. The molecule has 0 aliphatic carbocycles. The Morgan fingerprint density at radius 2 is 2.11 bits per heavy atom. The highest BCUT2D eigenvalue weighted by molar-refractivity contribution is 7.13. The first-order valence-electron chi connectivity index (χ1n) is 9.66. The molecule has 0 amide bonds. The van der Waals surface area contributed by atoms with Crippen LogP contribution >= 0.6 is 11.3 Å². The summed E-state index contributed by atoms with van der Waals surface area (Å²) in [6.07, 6.45) is 2.31. The molecule has 1 aliphatic rings. The van der Waals surface area contributed by atoms with Crippen molar-refractivity contribution in [1.82, 2.24) is 14.9 Å². The van der Waals surface area contributed by atoms with Gasteiger partial charge in [-0.2, -0.15) is 0 Å². The number of benzene rings is 1. The molecule has 2 aromatic heterocycles. The molecule has 0 bridgehead atoms. The summed E-state index contributed by atoms with van der Waals surface area (Å²) < 4.78 is 5.61. The number of aromatic nitrogens is 2. The van der Waals surface area contributed by atoms with Gasteiger partial charge in [-0.1, -0.05) is 18.2 Å². The van der Waals surface area contributed by atoms with Gasteiger partial charge in [0.15, 0.2) is 5.13 Å². The van der Waals surface area contributed by atoms with Crippen LogP contribution in [0.3, 0.4) is 0 Å². The Kier molecular flexibility index (Phi) is 5.59. The number of nitrogens with zero attached hydrogens (tertiary/aromatic N) is 3. The number of hydrogen-bond donors (Lipinski definition) is 1. The Morgan fingerprint density at radius 3 is 2.89 bits per heavy atom. The van der Waals surface area contributed by atoms with Gasteiger partial charge >= 0.3 is 0 Å². The predicted octanol–water partition coefficient (Wildman–Crippen LogP) is 5.24. The minimum Gasteiger partial charge on any atom is -0.496 e. The lowest BCUT2D eigenvalue weighted by atomic mass is 10.1. The van der Waals surface area contributed by atoms with Crippen molar-refractivity contribution in [2.45, 2.75) is 39.3 Å². The minimum absolute atomic E-state index is 0.325. The quantitative estimate of drug-likeness (QED) is 0.619. The van der Waals surface area contributed by atoms with E-state index in [2.05, 4.69) is 52.5 Å². The number of hydrogen-bond acceptors (Lipinski definition) is 6. The van der Waals surface area contributed by atoms with E-state index in [1.165, 1.54) is 17.5 Å². The Labute approximate surface area is 170 Å². The van der Waals surface area contributed by atoms with Gasteiger partial charge in [0.1, 0.15) is 11.6 Å². The lowest BCUT2D eigenvalue weighted by molar-refractivity contribution is 0.240. The molecule has 5 nitrogen and oxygen atoms in total. The number of ether oxygens (including phenoxy) is 1. The third-order valence-electron chi connectivity index (χ3n) is 5.15. The summed E-state index contributed by atoms with van der Waals surface area (Å²) in [6.45, 7) is 6.05. The molecule has 1 aliphatic heterocycles. The molecule has 0 spiro atoms. The zero-order valence-electron chi connectivity index (χ0n) is 16.6. The first kappa shape index (κ1) is 18.9. The van der Waals surface area contributed by atoms with E-state index >= 15 is 0 Å². The molecule has 28 heavy (non-hydrogen) atoms. The second-order valence-corrected chi connectivity index (χ2v) is 8.17. The summed E-state index contributed by atoms with van der Waals surface area (Å²) in [4.78, 5) is 11.9. The Morgan fingerprint density at radius 1 is 1.21 bits per heavy atom. The van der Waals surface area contributed by atoms with E-state index in [1.54, 1.807) is 18.4 Å². The molecule has 3 aromatic rings. The van der Waals surface area contributed by atoms with E-state index < -0.39 is 0 Å². The normalized spacial score (nSPS) is 17.0. The summed E-state index contributed by atoms with van der Waals surface area (Å²) in [6, 6.07) is 13.0. The summed E-state index contributed by atoms with van der Waals surface area (Å²) in [5.41, 5.74) is 4.59. The molecule has 3 heterocycles. The number of pyridine rings is 1. The van der Waals surface area contributed by atoms with Crippen molar-refractivity contribution in [3.63, 3.8) is 0 Å². The topological polar surface area (TPSA) is 50.3 Å². The van der Waals surface area contributed by atoms with Gasteiger partial charge in [-0.3, -0.25) is 4.90 Å². The number of likely N-dealkylation sites (tertiary alicyclic amines) is 1. The van der Waals surface area contributed by atoms with Crippen LogP contribution in [-0.4, -0.2) is 28.5 Å². The molecular weight excluding hydrogens is 368 g/mol. The molecule has 6 heteroatoms. The van der Waals surface area contributed by atoms with Crippen LogP contribution in [0.4, 0.5) is 10.9 Å². The fourth-order valence-corrected chi connectivity index (χ4v) is 4.47. The van der Waals surface area contributed by atoms with Gasteiger partial charge in [0.05, 0.1) is 24.5 Å². The SMILES string of the molecule is COc1cc(C)ccc1CN1CCC[C@H]1c1cccc(Nc2nc(C)cs2)n1. The van der Waals surface area contributed by atoms with Crippen LogP contribution in [-0.2, 0) is 6.54 Å². The van der Waals surface area contributed by atoms with Gasteiger partial charge in [0.2, 0.25) is 0 Å². The third-order valence-corrected chi connectivity index (χ3v) is 6.02. The first-order valence-corrected chi connectivity index (χ1v) is 10.5. The van der Waals surface area contributed by atoms with Crippen LogP contribution in [0, 0.1) is 13.8 Å². The average Bonchev–Trinajstić information content (AvgIpc) is 3.32. The molecule has 1 N–H and O–H groups in total. The zero-order chi connectivity index (χ0) is 19.5. The summed E-state index contributed by atoms with van der Waals surface area (Å²) in [5.74, 6) is 1.82. The maximum absolute atomic E-state index is 5.61. The molecule has 0 radical (unpaired) electrons. The number of nitrogens with one attached hydrogen (secondary N) is 1. The Bertz CT molecular complexity index is 955. The molecule has 0 saturated carbocycles. The van der Waals surface area contributed by atoms with Gasteiger partial charge in [-0.25, -0.2) is 9.97 Å². The third kappa shape index (κ3) is 4.18. The average molecular weight is 395 g/mol. The lowest BCUT2D eigenvalue weighted by Gasteiger charge is -2.25. The molecule has 4 rings (SSSR count). The number of aryl methyl sites for hydroxylation is 2. The number of anilines is 2. The van der Waals surface area contributed by atoms with Crippen molar-refractivity contribution in [3.05, 3.63) is 64.3 Å². The number of thiazole rings is 1. The van der Waals surface area contributed by atoms with Crippen molar-refractivity contribution >= 4 is 22.3 Å². The monoisotopic (exact) mass is 394 g/mol. The highest BCUT2D eigenvalue weighted by Crippen LogP contribution is 2.34. The fraction of sp³-hybridized carbons (Fsp3) is 0.364. The maximum Gasteiger partial charge on any atom is 0.188 e. The van der Waals surface area contributed by atoms with E-state index in [0.717, 1.165) is 47.6 Å². The van der Waals surface area contributed by atoms with Crippen molar-refractivity contribution in [1.29, 1.82) is 0 Å². The first-order chi connectivity index (χ1) is 13.6. The van der Waals surface area contributed by atoms with E-state index in [0.29, 0.717) is 6.04 Å². The van der Waals surface area contributed by atoms with E-state index in [9.17, 15) is 0 Å². The van der Waals surface area contributed by atoms with Crippen LogP contribution < -0.4 is 10.1 Å². The zero-order valence-corrected chi connectivity index (χ0v) is 17.4. The van der Waals surface area contributed by atoms with Crippen LogP contribution in [0.2, 0.25) is 0 Å². The van der Waals surface area contributed by atoms with Crippen LogP contribution in [0.15, 0.2) is 41.8 Å².